The molecule has 1 N–H and O–H groups in total. The second-order valence-electron chi connectivity index (χ2n) is 2.66. The molecular weight excluding hydrogens is 152 g/mol. The van der Waals surface area contributed by atoms with E-state index in [-0.39, 0.29) is 5.91 Å². The van der Waals surface area contributed by atoms with Crippen LogP contribution in [0.3, 0.4) is 0 Å². The molecule has 0 fully saturated rings. The van der Waals surface area contributed by atoms with Crippen molar-refractivity contribution >= 4 is 5.91 Å². The highest BCUT2D eigenvalue weighted by Gasteiger charge is 2.09. The molecule has 0 aromatic carbocycles. The molecule has 0 unspecified atom stereocenters. The first-order chi connectivity index (χ1) is 5.74. The second-order valence-corrected chi connectivity index (χ2v) is 2.66. The van der Waals surface area contributed by atoms with E-state index in [1.165, 1.54) is 0 Å². The van der Waals surface area contributed by atoms with E-state index in [9.17, 15) is 4.79 Å². The number of nitrogens with one attached hydrogen (secondary N) is 1. The summed E-state index contributed by atoms with van der Waals surface area (Å²) in [5.74, 6) is -0.0267. The molecule has 0 aromatic heterocycles. The smallest absolute Gasteiger partial charge is 0.248 e. The van der Waals surface area contributed by atoms with Gasteiger partial charge < -0.3 is 10.2 Å². The number of amides is 1. The summed E-state index contributed by atoms with van der Waals surface area (Å²) < 4.78 is 0. The summed E-state index contributed by atoms with van der Waals surface area (Å²) in [6.45, 7) is 3.98. The van der Waals surface area contributed by atoms with Crippen LogP contribution in [-0.4, -0.2) is 24.4 Å². The normalized spacial score (nSPS) is 15.8. The maximum absolute atomic E-state index is 11.3. The largest absolute Gasteiger partial charge is 0.357 e. The monoisotopic (exact) mass is 165 g/mol. The van der Waals surface area contributed by atoms with Gasteiger partial charge in [-0.1, -0.05) is 6.08 Å². The third kappa shape index (κ3) is 2.12. The van der Waals surface area contributed by atoms with E-state index in [1.54, 1.807) is 0 Å². The van der Waals surface area contributed by atoms with Crippen LogP contribution in [0.2, 0.25) is 0 Å². The molecule has 1 rings (SSSR count). The summed E-state index contributed by atoms with van der Waals surface area (Å²) in [5.41, 5.74) is 0.781. The van der Waals surface area contributed by atoms with Crippen molar-refractivity contribution in [3.05, 3.63) is 31.0 Å². The quantitative estimate of drug-likeness (QED) is 0.652. The van der Waals surface area contributed by atoms with E-state index in [0.717, 1.165) is 5.57 Å². The highest BCUT2D eigenvalue weighted by molar-refractivity contribution is 5.93. The molecule has 3 heteroatoms. The number of hydrogen-bond acceptors (Lipinski definition) is 2. The Morgan fingerprint density at radius 3 is 3.17 bits per heavy atom. The summed E-state index contributed by atoms with van der Waals surface area (Å²) >= 11 is 0. The lowest BCUT2D eigenvalue weighted by Gasteiger charge is -2.15. The van der Waals surface area contributed by atoms with Gasteiger partial charge in [-0.05, 0) is 19.5 Å². The molecule has 1 aliphatic rings. The lowest BCUT2D eigenvalue weighted by atomic mass is 10.1. The zero-order valence-corrected chi connectivity index (χ0v) is 7.21. The highest BCUT2D eigenvalue weighted by atomic mass is 16.1. The van der Waals surface area contributed by atoms with Crippen LogP contribution in [-0.2, 0) is 4.79 Å². The molecule has 0 spiro atoms. The van der Waals surface area contributed by atoms with Crippen molar-refractivity contribution in [1.82, 2.24) is 10.2 Å². The predicted octanol–water partition coefficient (Wildman–Crippen LogP) is 0.670. The van der Waals surface area contributed by atoms with Crippen LogP contribution in [0.1, 0.15) is 6.42 Å². The van der Waals surface area contributed by atoms with E-state index >= 15 is 0 Å². The molecular formula is C9H13N2O. The van der Waals surface area contributed by atoms with Crippen molar-refractivity contribution in [3.8, 4) is 0 Å². The number of nitrogens with zero attached hydrogens (tertiary/aromatic N) is 1. The van der Waals surface area contributed by atoms with Crippen molar-refractivity contribution in [2.24, 2.45) is 0 Å². The molecule has 12 heavy (non-hydrogen) atoms. The molecule has 0 aliphatic carbocycles. The van der Waals surface area contributed by atoms with Crippen LogP contribution >= 0.6 is 0 Å². The van der Waals surface area contributed by atoms with Gasteiger partial charge in [-0.3, -0.25) is 4.79 Å². The van der Waals surface area contributed by atoms with E-state index < -0.39 is 0 Å². The van der Waals surface area contributed by atoms with Crippen molar-refractivity contribution < 1.29 is 4.79 Å². The van der Waals surface area contributed by atoms with Crippen LogP contribution in [0.4, 0.5) is 0 Å². The van der Waals surface area contributed by atoms with E-state index in [1.807, 2.05) is 30.4 Å². The molecule has 3 nitrogen and oxygen atoms in total. The molecule has 0 atom stereocenters. The van der Waals surface area contributed by atoms with Gasteiger partial charge in [0.05, 0.1) is 0 Å². The second kappa shape index (κ2) is 3.95. The van der Waals surface area contributed by atoms with Crippen LogP contribution in [0, 0.1) is 6.92 Å². The Hall–Kier alpha value is -1.25. The third-order valence-electron chi connectivity index (χ3n) is 1.61. The zero-order chi connectivity index (χ0) is 8.97. The zero-order valence-electron chi connectivity index (χ0n) is 7.21. The Bertz CT molecular complexity index is 231. The number of carbonyl (C=O) groups is 1. The van der Waals surface area contributed by atoms with Gasteiger partial charge in [-0.15, -0.1) is 0 Å². The SMILES string of the molecule is [CH2]CNC(=O)C1=CN(C)C=CC1. The maximum atomic E-state index is 11.3. The van der Waals surface area contributed by atoms with E-state index in [4.69, 9.17) is 0 Å². The fourth-order valence-electron chi connectivity index (χ4n) is 1.07. The van der Waals surface area contributed by atoms with Crippen LogP contribution in [0.5, 0.6) is 0 Å². The molecule has 65 valence electrons. The standard InChI is InChI=1S/C9H13N2O/c1-3-10-9(12)8-5-4-6-11(2)7-8/h4,6-7H,1,3,5H2,2H3,(H,10,12). The van der Waals surface area contributed by atoms with Gasteiger partial charge >= 0.3 is 0 Å². The number of rotatable bonds is 2. The van der Waals surface area contributed by atoms with Crippen molar-refractivity contribution in [2.45, 2.75) is 6.42 Å². The van der Waals surface area contributed by atoms with Crippen LogP contribution < -0.4 is 5.32 Å². The molecule has 0 bridgehead atoms. The Labute approximate surface area is 72.7 Å². The average molecular weight is 165 g/mol. The lowest BCUT2D eigenvalue weighted by Crippen LogP contribution is -2.26. The number of allylic oxidation sites excluding steroid dienone is 1. The molecule has 1 amide bonds. The topological polar surface area (TPSA) is 32.3 Å². The minimum atomic E-state index is -0.0267. The first kappa shape index (κ1) is 8.84. The summed E-state index contributed by atoms with van der Waals surface area (Å²) in [6.07, 6.45) is 6.42. The summed E-state index contributed by atoms with van der Waals surface area (Å²) in [5, 5.41) is 2.66. The summed E-state index contributed by atoms with van der Waals surface area (Å²) in [7, 11) is 1.90. The molecule has 0 aromatic rings. The fraction of sp³-hybridized carbons (Fsp3) is 0.333. The Morgan fingerprint density at radius 1 is 1.83 bits per heavy atom. The van der Waals surface area contributed by atoms with Gasteiger partial charge in [-0.25, -0.2) is 0 Å². The van der Waals surface area contributed by atoms with Crippen LogP contribution in [0.15, 0.2) is 24.0 Å². The minimum absolute atomic E-state index is 0.0267. The van der Waals surface area contributed by atoms with E-state index in [2.05, 4.69) is 12.2 Å². The first-order valence-corrected chi connectivity index (χ1v) is 3.91. The van der Waals surface area contributed by atoms with Gasteiger partial charge in [0.15, 0.2) is 0 Å². The van der Waals surface area contributed by atoms with Crippen molar-refractivity contribution in [3.63, 3.8) is 0 Å². The maximum Gasteiger partial charge on any atom is 0.248 e. The molecule has 0 saturated heterocycles. The molecule has 1 radical (unpaired) electrons. The molecule has 0 saturated carbocycles. The summed E-state index contributed by atoms with van der Waals surface area (Å²) in [4.78, 5) is 13.1. The molecule has 1 aliphatic heterocycles. The Balaban J connectivity index is 2.57. The fourth-order valence-corrected chi connectivity index (χ4v) is 1.07. The Kier molecular flexibility index (Phi) is 2.91. The highest BCUT2D eigenvalue weighted by Crippen LogP contribution is 2.09. The van der Waals surface area contributed by atoms with Crippen molar-refractivity contribution in [1.29, 1.82) is 0 Å². The van der Waals surface area contributed by atoms with Gasteiger partial charge in [0.25, 0.3) is 0 Å². The predicted molar refractivity (Wildman–Crippen MR) is 48.0 cm³/mol. The number of hydrogen-bond donors (Lipinski definition) is 1. The van der Waals surface area contributed by atoms with Gasteiger partial charge in [0.2, 0.25) is 5.91 Å². The van der Waals surface area contributed by atoms with Crippen LogP contribution in [0.25, 0.3) is 0 Å². The lowest BCUT2D eigenvalue weighted by molar-refractivity contribution is -0.117. The minimum Gasteiger partial charge on any atom is -0.357 e. The molecule has 1 heterocycles. The average Bonchev–Trinajstić information content (AvgIpc) is 2.05. The summed E-state index contributed by atoms with van der Waals surface area (Å²) in [6, 6.07) is 0. The first-order valence-electron chi connectivity index (χ1n) is 3.91. The number of carbonyl (C=O) groups excluding carboxylic acids is 1. The third-order valence-corrected chi connectivity index (χ3v) is 1.61. The van der Waals surface area contributed by atoms with E-state index in [0.29, 0.717) is 13.0 Å². The van der Waals surface area contributed by atoms with Gasteiger partial charge in [0.1, 0.15) is 0 Å². The Morgan fingerprint density at radius 2 is 2.58 bits per heavy atom. The van der Waals surface area contributed by atoms with Crippen molar-refractivity contribution in [2.75, 3.05) is 13.6 Å². The van der Waals surface area contributed by atoms with Gasteiger partial charge in [0, 0.05) is 25.4 Å². The van der Waals surface area contributed by atoms with Gasteiger partial charge in [-0.2, -0.15) is 0 Å².